The van der Waals surface area contributed by atoms with Gasteiger partial charge in [0.25, 0.3) is 0 Å². The van der Waals surface area contributed by atoms with Crippen LogP contribution >= 0.6 is 0 Å². The first-order chi connectivity index (χ1) is 5.98. The van der Waals surface area contributed by atoms with Crippen molar-refractivity contribution in [3.8, 4) is 0 Å². The lowest BCUT2D eigenvalue weighted by atomic mass is 9.92. The highest BCUT2D eigenvalue weighted by molar-refractivity contribution is 4.97. The van der Waals surface area contributed by atoms with Gasteiger partial charge in [-0.2, -0.15) is 0 Å². The monoisotopic (exact) mass is 185 g/mol. The molecule has 2 unspecified atom stereocenters. The Bertz CT molecular complexity index is 161. The predicted molar refractivity (Wildman–Crippen MR) is 55.7 cm³/mol. The van der Waals surface area contributed by atoms with Crippen molar-refractivity contribution in [1.29, 1.82) is 0 Å². The zero-order valence-electron chi connectivity index (χ0n) is 9.30. The minimum absolute atomic E-state index is 0.219. The molecule has 1 aliphatic carbocycles. The molecule has 2 nitrogen and oxygen atoms in total. The van der Waals surface area contributed by atoms with Crippen LogP contribution in [-0.2, 0) is 0 Å². The summed E-state index contributed by atoms with van der Waals surface area (Å²) in [6.07, 6.45) is 2.46. The lowest BCUT2D eigenvalue weighted by Gasteiger charge is -2.24. The smallest absolute Gasteiger partial charge is 0.0662 e. The molecule has 0 aromatic rings. The Hall–Kier alpha value is -0.0800. The fourth-order valence-corrected chi connectivity index (χ4v) is 1.65. The molecule has 0 spiro atoms. The number of hydrogen-bond donors (Lipinski definition) is 2. The van der Waals surface area contributed by atoms with Crippen LogP contribution in [0.1, 0.15) is 40.5 Å². The molecule has 2 atom stereocenters. The average Bonchev–Trinajstić information content (AvgIpc) is 2.80. The van der Waals surface area contributed by atoms with E-state index in [1.54, 1.807) is 0 Å². The summed E-state index contributed by atoms with van der Waals surface area (Å²) in [4.78, 5) is 0. The summed E-state index contributed by atoms with van der Waals surface area (Å²) in [7, 11) is 0. The largest absolute Gasteiger partial charge is 0.392 e. The summed E-state index contributed by atoms with van der Waals surface area (Å²) in [6.45, 7) is 9.54. The van der Waals surface area contributed by atoms with E-state index < -0.39 is 0 Å². The van der Waals surface area contributed by atoms with Crippen LogP contribution < -0.4 is 5.32 Å². The van der Waals surface area contributed by atoms with Crippen LogP contribution in [0.4, 0.5) is 0 Å². The van der Waals surface area contributed by atoms with E-state index >= 15 is 0 Å². The molecule has 2 heteroatoms. The summed E-state index contributed by atoms with van der Waals surface area (Å²) >= 11 is 0. The topological polar surface area (TPSA) is 32.3 Å². The second-order valence-electron chi connectivity index (χ2n) is 4.93. The third-order valence-corrected chi connectivity index (χ3v) is 3.62. The Balaban J connectivity index is 2.26. The fourth-order valence-electron chi connectivity index (χ4n) is 1.65. The SMILES string of the molecule is CC(O)C(C)NCC1(C(C)C)CC1. The average molecular weight is 185 g/mol. The van der Waals surface area contributed by atoms with E-state index in [-0.39, 0.29) is 12.1 Å². The van der Waals surface area contributed by atoms with E-state index in [4.69, 9.17) is 0 Å². The highest BCUT2D eigenvalue weighted by Crippen LogP contribution is 2.51. The number of aliphatic hydroxyl groups is 1. The van der Waals surface area contributed by atoms with Crippen molar-refractivity contribution in [2.24, 2.45) is 11.3 Å². The van der Waals surface area contributed by atoms with Crippen molar-refractivity contribution in [3.63, 3.8) is 0 Å². The van der Waals surface area contributed by atoms with Gasteiger partial charge in [-0.1, -0.05) is 13.8 Å². The highest BCUT2D eigenvalue weighted by Gasteiger charge is 2.44. The van der Waals surface area contributed by atoms with Crippen molar-refractivity contribution in [2.45, 2.75) is 52.7 Å². The van der Waals surface area contributed by atoms with Crippen molar-refractivity contribution in [1.82, 2.24) is 5.32 Å². The van der Waals surface area contributed by atoms with Crippen molar-refractivity contribution in [2.75, 3.05) is 6.54 Å². The van der Waals surface area contributed by atoms with Crippen LogP contribution in [0.15, 0.2) is 0 Å². The van der Waals surface area contributed by atoms with Gasteiger partial charge in [-0.15, -0.1) is 0 Å². The van der Waals surface area contributed by atoms with Gasteiger partial charge in [-0.05, 0) is 38.0 Å². The number of rotatable bonds is 5. The maximum Gasteiger partial charge on any atom is 0.0662 e. The molecule has 0 aromatic carbocycles. The third kappa shape index (κ3) is 2.68. The van der Waals surface area contributed by atoms with Crippen molar-refractivity contribution < 1.29 is 5.11 Å². The second kappa shape index (κ2) is 3.97. The standard InChI is InChI=1S/C11H23NO/c1-8(2)11(5-6-11)7-12-9(3)10(4)13/h8-10,12-13H,5-7H2,1-4H3. The Morgan fingerprint density at radius 2 is 1.77 bits per heavy atom. The number of nitrogens with one attached hydrogen (secondary N) is 1. The minimum atomic E-state index is -0.247. The van der Waals surface area contributed by atoms with Gasteiger partial charge in [0, 0.05) is 12.6 Å². The van der Waals surface area contributed by atoms with Gasteiger partial charge in [-0.25, -0.2) is 0 Å². The zero-order valence-corrected chi connectivity index (χ0v) is 9.30. The Labute approximate surface area is 81.7 Å². The van der Waals surface area contributed by atoms with E-state index in [9.17, 15) is 5.11 Å². The third-order valence-electron chi connectivity index (χ3n) is 3.62. The van der Waals surface area contributed by atoms with Crippen molar-refractivity contribution in [3.05, 3.63) is 0 Å². The molecule has 1 rings (SSSR count). The van der Waals surface area contributed by atoms with Gasteiger partial charge in [0.2, 0.25) is 0 Å². The maximum absolute atomic E-state index is 9.31. The quantitative estimate of drug-likeness (QED) is 0.684. The van der Waals surface area contributed by atoms with Crippen LogP contribution in [0.2, 0.25) is 0 Å². The highest BCUT2D eigenvalue weighted by atomic mass is 16.3. The summed E-state index contributed by atoms with van der Waals surface area (Å²) in [5, 5.41) is 12.7. The predicted octanol–water partition coefficient (Wildman–Crippen LogP) is 1.78. The molecule has 1 fully saturated rings. The molecule has 0 aliphatic heterocycles. The van der Waals surface area contributed by atoms with Gasteiger partial charge in [0.05, 0.1) is 6.10 Å². The van der Waals surface area contributed by atoms with E-state index in [1.165, 1.54) is 12.8 Å². The van der Waals surface area contributed by atoms with Gasteiger partial charge in [0.15, 0.2) is 0 Å². The van der Waals surface area contributed by atoms with Gasteiger partial charge < -0.3 is 10.4 Å². The van der Waals surface area contributed by atoms with Gasteiger partial charge in [-0.3, -0.25) is 0 Å². The second-order valence-corrected chi connectivity index (χ2v) is 4.93. The number of aliphatic hydroxyl groups excluding tert-OH is 1. The molecular formula is C11H23NO. The Morgan fingerprint density at radius 3 is 2.08 bits per heavy atom. The normalized spacial score (nSPS) is 24.5. The Kier molecular flexibility index (Phi) is 3.36. The first kappa shape index (κ1) is 11.0. The van der Waals surface area contributed by atoms with Crippen LogP contribution in [0.25, 0.3) is 0 Å². The molecular weight excluding hydrogens is 162 g/mol. The molecule has 2 N–H and O–H groups in total. The van der Waals surface area contributed by atoms with Gasteiger partial charge in [0.1, 0.15) is 0 Å². The maximum atomic E-state index is 9.31. The van der Waals surface area contributed by atoms with Crippen LogP contribution in [-0.4, -0.2) is 23.8 Å². The number of hydrogen-bond acceptors (Lipinski definition) is 2. The first-order valence-corrected chi connectivity index (χ1v) is 5.39. The molecule has 78 valence electrons. The lowest BCUT2D eigenvalue weighted by Crippen LogP contribution is -2.40. The lowest BCUT2D eigenvalue weighted by molar-refractivity contribution is 0.146. The molecule has 1 aliphatic rings. The van der Waals surface area contributed by atoms with E-state index in [1.807, 2.05) is 13.8 Å². The van der Waals surface area contributed by atoms with E-state index in [2.05, 4.69) is 19.2 Å². The molecule has 0 heterocycles. The van der Waals surface area contributed by atoms with E-state index in [0.717, 1.165) is 12.5 Å². The summed E-state index contributed by atoms with van der Waals surface area (Å²) in [5.41, 5.74) is 0.545. The molecule has 0 amide bonds. The van der Waals surface area contributed by atoms with Crippen LogP contribution in [0.3, 0.4) is 0 Å². The summed E-state index contributed by atoms with van der Waals surface area (Å²) < 4.78 is 0. The zero-order chi connectivity index (χ0) is 10.1. The van der Waals surface area contributed by atoms with E-state index in [0.29, 0.717) is 5.41 Å². The molecule has 0 aromatic heterocycles. The molecule has 1 saturated carbocycles. The first-order valence-electron chi connectivity index (χ1n) is 5.39. The molecule has 0 radical (unpaired) electrons. The molecule has 13 heavy (non-hydrogen) atoms. The molecule has 0 bridgehead atoms. The minimum Gasteiger partial charge on any atom is -0.392 e. The van der Waals surface area contributed by atoms with Crippen LogP contribution in [0.5, 0.6) is 0 Å². The summed E-state index contributed by atoms with van der Waals surface area (Å²) in [5.74, 6) is 0.765. The van der Waals surface area contributed by atoms with Gasteiger partial charge >= 0.3 is 0 Å². The van der Waals surface area contributed by atoms with Crippen molar-refractivity contribution >= 4 is 0 Å². The summed E-state index contributed by atoms with van der Waals surface area (Å²) in [6, 6.07) is 0.219. The van der Waals surface area contributed by atoms with Crippen LogP contribution in [0, 0.1) is 11.3 Å². The molecule has 0 saturated heterocycles. The fraction of sp³-hybridized carbons (Fsp3) is 1.00. The Morgan fingerprint density at radius 1 is 1.23 bits per heavy atom.